The van der Waals surface area contributed by atoms with Gasteiger partial charge in [-0.1, -0.05) is 12.1 Å². The fourth-order valence-electron chi connectivity index (χ4n) is 1.87. The maximum atomic E-state index is 11.5. The summed E-state index contributed by atoms with van der Waals surface area (Å²) >= 11 is 0. The fraction of sp³-hybridized carbons (Fsp3) is 0.133. The lowest BCUT2D eigenvalue weighted by atomic mass is 10.0. The molecule has 0 fully saturated rings. The summed E-state index contributed by atoms with van der Waals surface area (Å²) in [5, 5.41) is 8.90. The molecule has 1 N–H and O–H groups in total. The second kappa shape index (κ2) is 5.41. The number of nitriles is 1. The predicted octanol–water partition coefficient (Wildman–Crippen LogP) is 2.15. The fourth-order valence-corrected chi connectivity index (χ4v) is 1.87. The third kappa shape index (κ3) is 2.75. The number of benzene rings is 1. The van der Waals surface area contributed by atoms with Gasteiger partial charge in [-0.15, -0.1) is 0 Å². The molecule has 0 aliphatic heterocycles. The molecule has 0 bridgehead atoms. The van der Waals surface area contributed by atoms with Crippen molar-refractivity contribution in [1.82, 2.24) is 4.98 Å². The number of carbonyl (C=O) groups is 1. The number of carbonyl (C=O) groups excluding carboxylic acids is 1. The molecule has 0 saturated heterocycles. The maximum Gasteiger partial charge on any atom is 0.308 e. The van der Waals surface area contributed by atoms with E-state index in [0.29, 0.717) is 11.4 Å². The number of nitrogens with zero attached hydrogens (tertiary/aromatic N) is 1. The van der Waals surface area contributed by atoms with Crippen LogP contribution in [0.1, 0.15) is 18.2 Å². The molecule has 0 amide bonds. The number of H-pyrrole nitrogens is 1. The highest BCUT2D eigenvalue weighted by Gasteiger charge is 2.08. The van der Waals surface area contributed by atoms with E-state index in [0.717, 1.165) is 11.1 Å². The Morgan fingerprint density at radius 3 is 2.50 bits per heavy atom. The Hall–Kier alpha value is -2.87. The first-order valence-corrected chi connectivity index (χ1v) is 5.94. The van der Waals surface area contributed by atoms with Crippen LogP contribution in [-0.4, -0.2) is 11.0 Å². The Morgan fingerprint density at radius 1 is 1.30 bits per heavy atom. The van der Waals surface area contributed by atoms with E-state index in [2.05, 4.69) is 4.98 Å². The second-order valence-electron chi connectivity index (χ2n) is 4.28. The van der Waals surface area contributed by atoms with Crippen molar-refractivity contribution < 1.29 is 9.53 Å². The largest absolute Gasteiger partial charge is 0.427 e. The molecule has 2 aromatic rings. The molecule has 5 heteroatoms. The van der Waals surface area contributed by atoms with Crippen LogP contribution in [0.15, 0.2) is 35.1 Å². The molecule has 1 heterocycles. The summed E-state index contributed by atoms with van der Waals surface area (Å²) in [6.45, 7) is 3.09. The van der Waals surface area contributed by atoms with E-state index >= 15 is 0 Å². The van der Waals surface area contributed by atoms with Crippen molar-refractivity contribution in [2.45, 2.75) is 13.8 Å². The van der Waals surface area contributed by atoms with Gasteiger partial charge in [-0.05, 0) is 30.7 Å². The standard InChI is InChI=1S/C15H12N2O3/c1-9-14(7-12(8-16)15(19)17-9)11-3-5-13(6-4-11)20-10(2)18/h3-7H,1-2H3,(H,17,19). The summed E-state index contributed by atoms with van der Waals surface area (Å²) in [7, 11) is 0. The van der Waals surface area contributed by atoms with Gasteiger partial charge in [0.15, 0.2) is 0 Å². The van der Waals surface area contributed by atoms with Crippen LogP contribution in [-0.2, 0) is 4.79 Å². The SMILES string of the molecule is CC(=O)Oc1ccc(-c2cc(C#N)c(=O)[nH]c2C)cc1. The zero-order chi connectivity index (χ0) is 14.7. The number of rotatable bonds is 2. The van der Waals surface area contributed by atoms with Gasteiger partial charge in [0.2, 0.25) is 0 Å². The third-order valence-corrected chi connectivity index (χ3v) is 2.79. The molecule has 0 saturated carbocycles. The molecule has 100 valence electrons. The summed E-state index contributed by atoms with van der Waals surface area (Å²) in [6.07, 6.45) is 0. The van der Waals surface area contributed by atoms with Crippen LogP contribution in [0.2, 0.25) is 0 Å². The van der Waals surface area contributed by atoms with E-state index < -0.39 is 5.56 Å². The Balaban J connectivity index is 2.44. The van der Waals surface area contributed by atoms with Gasteiger partial charge in [0.05, 0.1) is 0 Å². The molecule has 0 radical (unpaired) electrons. The molecule has 0 atom stereocenters. The summed E-state index contributed by atoms with van der Waals surface area (Å²) in [5.74, 6) is 0.0635. The van der Waals surface area contributed by atoms with Gasteiger partial charge in [0, 0.05) is 18.2 Å². The molecule has 0 aliphatic rings. The average Bonchev–Trinajstić information content (AvgIpc) is 2.39. The molecule has 0 unspecified atom stereocenters. The van der Waals surface area contributed by atoms with Crippen molar-refractivity contribution in [2.24, 2.45) is 0 Å². The monoisotopic (exact) mass is 268 g/mol. The van der Waals surface area contributed by atoms with Crippen molar-refractivity contribution in [3.8, 4) is 22.9 Å². The van der Waals surface area contributed by atoms with E-state index in [9.17, 15) is 9.59 Å². The van der Waals surface area contributed by atoms with Crippen LogP contribution < -0.4 is 10.3 Å². The number of nitrogens with one attached hydrogen (secondary N) is 1. The zero-order valence-electron chi connectivity index (χ0n) is 11.1. The first-order chi connectivity index (χ1) is 9.51. The zero-order valence-corrected chi connectivity index (χ0v) is 11.1. The lowest BCUT2D eigenvalue weighted by Crippen LogP contribution is -2.11. The predicted molar refractivity (Wildman–Crippen MR) is 73.3 cm³/mol. The Labute approximate surface area is 115 Å². The van der Waals surface area contributed by atoms with Gasteiger partial charge in [-0.25, -0.2) is 0 Å². The van der Waals surface area contributed by atoms with E-state index in [1.54, 1.807) is 37.3 Å². The summed E-state index contributed by atoms with van der Waals surface area (Å²) in [6, 6.07) is 10.3. The van der Waals surface area contributed by atoms with Gasteiger partial charge >= 0.3 is 5.97 Å². The van der Waals surface area contributed by atoms with Crippen molar-refractivity contribution in [3.63, 3.8) is 0 Å². The molecular formula is C15H12N2O3. The molecule has 0 spiro atoms. The molecule has 0 aliphatic carbocycles. The topological polar surface area (TPSA) is 82.9 Å². The highest BCUT2D eigenvalue weighted by molar-refractivity contribution is 5.71. The number of esters is 1. The van der Waals surface area contributed by atoms with Crippen LogP contribution in [0.25, 0.3) is 11.1 Å². The maximum absolute atomic E-state index is 11.5. The number of aromatic amines is 1. The van der Waals surface area contributed by atoms with Crippen molar-refractivity contribution >= 4 is 5.97 Å². The second-order valence-corrected chi connectivity index (χ2v) is 4.28. The lowest BCUT2D eigenvalue weighted by molar-refractivity contribution is -0.131. The normalized spacial score (nSPS) is 9.85. The molecule has 2 rings (SSSR count). The van der Waals surface area contributed by atoms with Crippen LogP contribution in [0.5, 0.6) is 5.75 Å². The first kappa shape index (κ1) is 13.6. The van der Waals surface area contributed by atoms with Gasteiger partial charge in [0.1, 0.15) is 17.4 Å². The molecule has 1 aromatic carbocycles. The molecule has 1 aromatic heterocycles. The smallest absolute Gasteiger partial charge is 0.308 e. The van der Waals surface area contributed by atoms with Gasteiger partial charge in [0.25, 0.3) is 5.56 Å². The Bertz CT molecular complexity index is 752. The Kier molecular flexibility index (Phi) is 3.67. The van der Waals surface area contributed by atoms with E-state index in [1.807, 2.05) is 6.07 Å². The van der Waals surface area contributed by atoms with Crippen molar-refractivity contribution in [2.75, 3.05) is 0 Å². The van der Waals surface area contributed by atoms with Gasteiger partial charge in [-0.3, -0.25) is 9.59 Å². The summed E-state index contributed by atoms with van der Waals surface area (Å²) in [5.41, 5.74) is 1.93. The van der Waals surface area contributed by atoms with Gasteiger partial charge in [-0.2, -0.15) is 5.26 Å². The third-order valence-electron chi connectivity index (χ3n) is 2.79. The number of hydrogen-bond donors (Lipinski definition) is 1. The van der Waals surface area contributed by atoms with Crippen molar-refractivity contribution in [1.29, 1.82) is 5.26 Å². The minimum atomic E-state index is -0.398. The highest BCUT2D eigenvalue weighted by atomic mass is 16.5. The van der Waals surface area contributed by atoms with Crippen LogP contribution in [0.3, 0.4) is 0 Å². The number of aryl methyl sites for hydroxylation is 1. The molecular weight excluding hydrogens is 256 g/mol. The summed E-state index contributed by atoms with van der Waals surface area (Å²) < 4.78 is 4.95. The summed E-state index contributed by atoms with van der Waals surface area (Å²) in [4.78, 5) is 25.0. The average molecular weight is 268 g/mol. The lowest BCUT2D eigenvalue weighted by Gasteiger charge is -2.07. The quantitative estimate of drug-likeness (QED) is 0.668. The first-order valence-electron chi connectivity index (χ1n) is 5.94. The number of aromatic nitrogens is 1. The van der Waals surface area contributed by atoms with Crippen LogP contribution in [0.4, 0.5) is 0 Å². The van der Waals surface area contributed by atoms with E-state index in [-0.39, 0.29) is 11.5 Å². The van der Waals surface area contributed by atoms with E-state index in [1.165, 1.54) is 6.92 Å². The molecule has 20 heavy (non-hydrogen) atoms. The van der Waals surface area contributed by atoms with Crippen molar-refractivity contribution in [3.05, 3.63) is 51.9 Å². The Morgan fingerprint density at radius 2 is 1.95 bits per heavy atom. The van der Waals surface area contributed by atoms with E-state index in [4.69, 9.17) is 10.00 Å². The van der Waals surface area contributed by atoms with Gasteiger partial charge < -0.3 is 9.72 Å². The van der Waals surface area contributed by atoms with Crippen LogP contribution in [0, 0.1) is 18.3 Å². The minimum absolute atomic E-state index is 0.0645. The van der Waals surface area contributed by atoms with Crippen LogP contribution >= 0.6 is 0 Å². The highest BCUT2D eigenvalue weighted by Crippen LogP contribution is 2.24. The minimum Gasteiger partial charge on any atom is -0.427 e. The molecule has 5 nitrogen and oxygen atoms in total. The number of ether oxygens (including phenoxy) is 1. The number of hydrogen-bond acceptors (Lipinski definition) is 4. The number of pyridine rings is 1.